The molecule has 0 fully saturated rings. The smallest absolute Gasteiger partial charge is 0.303 e. The quantitative estimate of drug-likeness (QED) is 0.729. The van der Waals surface area contributed by atoms with E-state index in [1.807, 2.05) is 0 Å². The molecule has 0 atom stereocenters. The number of carboxylic acid groups (broad SMARTS) is 1. The number of hydrogen-bond acceptors (Lipinski definition) is 4. The number of carbonyl (C=O) groups is 3. The van der Waals surface area contributed by atoms with Crippen LogP contribution in [0, 0.1) is 0 Å². The van der Waals surface area contributed by atoms with E-state index in [-0.39, 0.29) is 12.3 Å². The van der Waals surface area contributed by atoms with Gasteiger partial charge in [0.25, 0.3) is 5.91 Å². The minimum atomic E-state index is -0.908. The summed E-state index contributed by atoms with van der Waals surface area (Å²) in [5.41, 5.74) is 4.76. The average molecular weight is 284 g/mol. The minimum Gasteiger partial charge on any atom is -0.481 e. The maximum atomic E-state index is 11.9. The highest BCUT2D eigenvalue weighted by atomic mass is 32.1. The molecule has 0 aliphatic rings. The molecule has 6 nitrogen and oxygen atoms in total. The highest BCUT2D eigenvalue weighted by molar-refractivity contribution is 7.12. The first-order valence-electron chi connectivity index (χ1n) is 5.64. The Labute approximate surface area is 114 Å². The summed E-state index contributed by atoms with van der Waals surface area (Å²) >= 11 is 1.12. The molecule has 104 valence electrons. The molecule has 0 aliphatic heterocycles. The number of amides is 2. The molecule has 7 heteroatoms. The third-order valence-electron chi connectivity index (χ3n) is 2.52. The Morgan fingerprint density at radius 1 is 1.42 bits per heavy atom. The predicted molar refractivity (Wildman–Crippen MR) is 71.3 cm³/mol. The van der Waals surface area contributed by atoms with Crippen molar-refractivity contribution in [3.05, 3.63) is 21.9 Å². The largest absolute Gasteiger partial charge is 0.481 e. The minimum absolute atomic E-state index is 0.0236. The van der Waals surface area contributed by atoms with Gasteiger partial charge in [-0.1, -0.05) is 0 Å². The molecule has 1 rings (SSSR count). The second-order valence-electron chi connectivity index (χ2n) is 4.80. The first-order chi connectivity index (χ1) is 8.71. The van der Waals surface area contributed by atoms with Gasteiger partial charge in [0.2, 0.25) is 5.91 Å². The molecule has 0 bridgehead atoms. The van der Waals surface area contributed by atoms with Gasteiger partial charge in [0.05, 0.1) is 10.4 Å². The Balaban J connectivity index is 2.67. The van der Waals surface area contributed by atoms with E-state index in [1.54, 1.807) is 13.8 Å². The molecule has 0 radical (unpaired) electrons. The average Bonchev–Trinajstić information content (AvgIpc) is 2.75. The first kappa shape index (κ1) is 15.2. The van der Waals surface area contributed by atoms with Gasteiger partial charge in [0.15, 0.2) is 0 Å². The van der Waals surface area contributed by atoms with Crippen LogP contribution in [0.1, 0.15) is 46.7 Å². The van der Waals surface area contributed by atoms with Crippen molar-refractivity contribution in [2.24, 2.45) is 5.73 Å². The molecule has 0 spiro atoms. The van der Waals surface area contributed by atoms with Crippen molar-refractivity contribution in [3.63, 3.8) is 0 Å². The van der Waals surface area contributed by atoms with Crippen molar-refractivity contribution in [1.82, 2.24) is 5.32 Å². The molecule has 1 aromatic heterocycles. The van der Waals surface area contributed by atoms with Crippen LogP contribution >= 0.6 is 11.3 Å². The Morgan fingerprint density at radius 2 is 2.05 bits per heavy atom. The van der Waals surface area contributed by atoms with E-state index in [0.717, 1.165) is 11.3 Å². The van der Waals surface area contributed by atoms with E-state index in [0.29, 0.717) is 16.9 Å². The van der Waals surface area contributed by atoms with E-state index in [1.165, 1.54) is 11.4 Å². The van der Waals surface area contributed by atoms with Crippen molar-refractivity contribution < 1.29 is 19.5 Å². The van der Waals surface area contributed by atoms with Crippen LogP contribution in [0.2, 0.25) is 0 Å². The molecule has 2 amide bonds. The van der Waals surface area contributed by atoms with Crippen LogP contribution in [0.4, 0.5) is 0 Å². The van der Waals surface area contributed by atoms with Crippen molar-refractivity contribution >= 4 is 29.1 Å². The normalized spacial score (nSPS) is 11.1. The van der Waals surface area contributed by atoms with Gasteiger partial charge in [-0.2, -0.15) is 0 Å². The SMILES string of the molecule is CC(C)(CCC(=O)O)NC(=O)c1cc(C(N)=O)cs1. The third kappa shape index (κ3) is 4.70. The number of nitrogens with one attached hydrogen (secondary N) is 1. The van der Waals surface area contributed by atoms with Crippen molar-refractivity contribution in [1.29, 1.82) is 0 Å². The van der Waals surface area contributed by atoms with Gasteiger partial charge >= 0.3 is 5.97 Å². The summed E-state index contributed by atoms with van der Waals surface area (Å²) in [6, 6.07) is 1.43. The fraction of sp³-hybridized carbons (Fsp3) is 0.417. The van der Waals surface area contributed by atoms with Crippen LogP contribution in [0.25, 0.3) is 0 Å². The number of primary amides is 1. The Hall–Kier alpha value is -1.89. The van der Waals surface area contributed by atoms with E-state index >= 15 is 0 Å². The molecule has 0 saturated heterocycles. The van der Waals surface area contributed by atoms with E-state index in [2.05, 4.69) is 5.32 Å². The lowest BCUT2D eigenvalue weighted by Crippen LogP contribution is -2.43. The number of carboxylic acids is 1. The summed E-state index contributed by atoms with van der Waals surface area (Å²) in [6.45, 7) is 3.49. The second-order valence-corrected chi connectivity index (χ2v) is 5.71. The lowest BCUT2D eigenvalue weighted by atomic mass is 9.98. The molecule has 0 aliphatic carbocycles. The second kappa shape index (κ2) is 5.83. The topological polar surface area (TPSA) is 109 Å². The molecule has 1 heterocycles. The van der Waals surface area contributed by atoms with Crippen LogP contribution in [0.15, 0.2) is 11.4 Å². The molecule has 4 N–H and O–H groups in total. The van der Waals surface area contributed by atoms with Crippen molar-refractivity contribution in [2.45, 2.75) is 32.2 Å². The predicted octanol–water partition coefficient (Wildman–Crippen LogP) is 1.22. The summed E-state index contributed by atoms with van der Waals surface area (Å²) < 4.78 is 0. The van der Waals surface area contributed by atoms with Gasteiger partial charge in [-0.15, -0.1) is 11.3 Å². The van der Waals surface area contributed by atoms with E-state index in [9.17, 15) is 14.4 Å². The van der Waals surface area contributed by atoms with Gasteiger partial charge in [0.1, 0.15) is 0 Å². The highest BCUT2D eigenvalue weighted by Crippen LogP contribution is 2.17. The first-order valence-corrected chi connectivity index (χ1v) is 6.52. The summed E-state index contributed by atoms with van der Waals surface area (Å²) in [7, 11) is 0. The monoisotopic (exact) mass is 284 g/mol. The zero-order valence-electron chi connectivity index (χ0n) is 10.7. The standard InChI is InChI=1S/C12H16N2O4S/c1-12(2,4-3-9(15)16)14-11(18)8-5-7(6-19-8)10(13)17/h5-6H,3-4H2,1-2H3,(H2,13,17)(H,14,18)(H,15,16). The maximum Gasteiger partial charge on any atom is 0.303 e. The molecular formula is C12H16N2O4S. The number of aliphatic carboxylic acids is 1. The maximum absolute atomic E-state index is 11.9. The van der Waals surface area contributed by atoms with Crippen LogP contribution < -0.4 is 11.1 Å². The zero-order chi connectivity index (χ0) is 14.6. The Kier molecular flexibility index (Phi) is 4.66. The molecular weight excluding hydrogens is 268 g/mol. The van der Waals surface area contributed by atoms with E-state index < -0.39 is 17.4 Å². The molecule has 0 saturated carbocycles. The zero-order valence-corrected chi connectivity index (χ0v) is 11.5. The van der Waals surface area contributed by atoms with E-state index in [4.69, 9.17) is 10.8 Å². The van der Waals surface area contributed by atoms with Gasteiger partial charge in [-0.05, 0) is 26.3 Å². The molecule has 0 unspecified atom stereocenters. The highest BCUT2D eigenvalue weighted by Gasteiger charge is 2.23. The number of carbonyl (C=O) groups excluding carboxylic acids is 2. The molecule has 0 aromatic carbocycles. The number of thiophene rings is 1. The summed E-state index contributed by atoms with van der Waals surface area (Å²) in [6.07, 6.45) is 0.298. The van der Waals surface area contributed by atoms with Crippen LogP contribution in [0.3, 0.4) is 0 Å². The summed E-state index contributed by atoms with van der Waals surface area (Å²) in [4.78, 5) is 33.8. The fourth-order valence-electron chi connectivity index (χ4n) is 1.44. The van der Waals surface area contributed by atoms with Gasteiger partial charge in [0, 0.05) is 17.3 Å². The van der Waals surface area contributed by atoms with Gasteiger partial charge in [-0.3, -0.25) is 14.4 Å². The number of nitrogens with two attached hydrogens (primary N) is 1. The summed E-state index contributed by atoms with van der Waals surface area (Å²) in [5, 5.41) is 12.9. The van der Waals surface area contributed by atoms with Gasteiger partial charge in [-0.25, -0.2) is 0 Å². The lowest BCUT2D eigenvalue weighted by molar-refractivity contribution is -0.137. The van der Waals surface area contributed by atoms with Crippen molar-refractivity contribution in [2.75, 3.05) is 0 Å². The van der Waals surface area contributed by atoms with Crippen molar-refractivity contribution in [3.8, 4) is 0 Å². The van der Waals surface area contributed by atoms with Crippen LogP contribution in [-0.2, 0) is 4.79 Å². The fourth-order valence-corrected chi connectivity index (χ4v) is 2.23. The van der Waals surface area contributed by atoms with Gasteiger partial charge < -0.3 is 16.2 Å². The number of rotatable bonds is 6. The Bertz CT molecular complexity index is 508. The molecule has 1 aromatic rings. The lowest BCUT2D eigenvalue weighted by Gasteiger charge is -2.25. The summed E-state index contributed by atoms with van der Waals surface area (Å²) in [5.74, 6) is -1.83. The number of hydrogen-bond donors (Lipinski definition) is 3. The van der Waals surface area contributed by atoms with Crippen LogP contribution in [0.5, 0.6) is 0 Å². The van der Waals surface area contributed by atoms with Crippen LogP contribution in [-0.4, -0.2) is 28.4 Å². The third-order valence-corrected chi connectivity index (χ3v) is 3.45. The Morgan fingerprint density at radius 3 is 2.53 bits per heavy atom. The molecule has 19 heavy (non-hydrogen) atoms.